The average Bonchev–Trinajstić information content (AvgIpc) is 2.13. The molecule has 0 bridgehead atoms. The van der Waals surface area contributed by atoms with E-state index in [1.165, 1.54) is 6.21 Å². The summed E-state index contributed by atoms with van der Waals surface area (Å²) < 4.78 is 25.6. The standard InChI is InChI=1S/C8H8ClF2N3/c9-8-5(3-13-14-4-12)1-6(10)2-7(8)11/h1-3,14H,4,12H2/b13-3+. The molecule has 3 N–H and O–H groups in total. The lowest BCUT2D eigenvalue weighted by Gasteiger charge is -1.99. The van der Waals surface area contributed by atoms with Crippen molar-refractivity contribution in [3.05, 3.63) is 34.4 Å². The molecule has 0 atom stereocenters. The lowest BCUT2D eigenvalue weighted by atomic mass is 10.2. The molecule has 0 amide bonds. The molecule has 3 nitrogen and oxygen atoms in total. The number of halogens is 3. The molecule has 1 aromatic rings. The van der Waals surface area contributed by atoms with Gasteiger partial charge in [0.25, 0.3) is 0 Å². The van der Waals surface area contributed by atoms with Crippen molar-refractivity contribution in [2.45, 2.75) is 0 Å². The third-order valence-electron chi connectivity index (χ3n) is 1.41. The van der Waals surface area contributed by atoms with E-state index in [0.717, 1.165) is 6.07 Å². The van der Waals surface area contributed by atoms with Gasteiger partial charge in [-0.1, -0.05) is 11.6 Å². The third-order valence-corrected chi connectivity index (χ3v) is 1.81. The van der Waals surface area contributed by atoms with E-state index in [-0.39, 0.29) is 17.3 Å². The topological polar surface area (TPSA) is 50.4 Å². The minimum absolute atomic E-state index is 0.131. The predicted octanol–water partition coefficient (Wildman–Crippen LogP) is 1.46. The molecule has 0 saturated heterocycles. The Kier molecular flexibility index (Phi) is 3.79. The lowest BCUT2D eigenvalue weighted by molar-refractivity contribution is 0.583. The van der Waals surface area contributed by atoms with E-state index in [2.05, 4.69) is 10.5 Å². The summed E-state index contributed by atoms with van der Waals surface area (Å²) in [4.78, 5) is 0. The number of nitrogens with one attached hydrogen (secondary N) is 1. The summed E-state index contributed by atoms with van der Waals surface area (Å²) in [5, 5.41) is 3.41. The zero-order valence-electron chi connectivity index (χ0n) is 7.10. The fourth-order valence-corrected chi connectivity index (χ4v) is 0.996. The van der Waals surface area contributed by atoms with Crippen molar-refractivity contribution >= 4 is 17.8 Å². The zero-order chi connectivity index (χ0) is 10.6. The molecule has 0 heterocycles. The second kappa shape index (κ2) is 4.88. The molecule has 0 aliphatic carbocycles. The van der Waals surface area contributed by atoms with E-state index in [1.54, 1.807) is 0 Å². The van der Waals surface area contributed by atoms with Gasteiger partial charge in [0.15, 0.2) is 0 Å². The van der Waals surface area contributed by atoms with Crippen molar-refractivity contribution < 1.29 is 8.78 Å². The Labute approximate surface area is 84.6 Å². The summed E-state index contributed by atoms with van der Waals surface area (Å²) in [6, 6.07) is 1.78. The molecule has 0 aliphatic heterocycles. The third kappa shape index (κ3) is 2.65. The van der Waals surface area contributed by atoms with Crippen LogP contribution in [0.1, 0.15) is 5.56 Å². The van der Waals surface area contributed by atoms with Gasteiger partial charge in [-0.25, -0.2) is 8.78 Å². The van der Waals surface area contributed by atoms with Crippen LogP contribution in [0.5, 0.6) is 0 Å². The van der Waals surface area contributed by atoms with E-state index in [4.69, 9.17) is 17.3 Å². The second-order valence-electron chi connectivity index (χ2n) is 2.41. The Morgan fingerprint density at radius 3 is 2.86 bits per heavy atom. The predicted molar refractivity (Wildman–Crippen MR) is 51.2 cm³/mol. The maximum atomic E-state index is 12.9. The second-order valence-corrected chi connectivity index (χ2v) is 2.79. The highest BCUT2D eigenvalue weighted by atomic mass is 35.5. The van der Waals surface area contributed by atoms with Crippen molar-refractivity contribution in [1.82, 2.24) is 5.43 Å². The highest BCUT2D eigenvalue weighted by Crippen LogP contribution is 2.19. The molecule has 0 aromatic heterocycles. The largest absolute Gasteiger partial charge is 0.313 e. The van der Waals surface area contributed by atoms with Crippen LogP contribution < -0.4 is 11.2 Å². The number of nitrogens with zero attached hydrogens (tertiary/aromatic N) is 1. The van der Waals surface area contributed by atoms with E-state index in [9.17, 15) is 8.78 Å². The summed E-state index contributed by atoms with van der Waals surface area (Å²) in [5.41, 5.74) is 7.65. The summed E-state index contributed by atoms with van der Waals surface area (Å²) in [7, 11) is 0. The maximum Gasteiger partial charge on any atom is 0.145 e. The Morgan fingerprint density at radius 1 is 1.50 bits per heavy atom. The van der Waals surface area contributed by atoms with Crippen LogP contribution in [-0.2, 0) is 0 Å². The summed E-state index contributed by atoms with van der Waals surface area (Å²) in [5.74, 6) is -1.53. The van der Waals surface area contributed by atoms with E-state index < -0.39 is 11.6 Å². The van der Waals surface area contributed by atoms with Crippen molar-refractivity contribution in [2.24, 2.45) is 10.8 Å². The number of nitrogens with two attached hydrogens (primary N) is 1. The molecule has 6 heteroatoms. The van der Waals surface area contributed by atoms with Gasteiger partial charge in [0.2, 0.25) is 0 Å². The molecule has 1 rings (SSSR count). The molecule has 14 heavy (non-hydrogen) atoms. The molecule has 76 valence electrons. The summed E-state index contributed by atoms with van der Waals surface area (Å²) in [6.45, 7) is 0.131. The summed E-state index contributed by atoms with van der Waals surface area (Å²) >= 11 is 5.55. The van der Waals surface area contributed by atoms with Crippen LogP contribution in [0.2, 0.25) is 5.02 Å². The van der Waals surface area contributed by atoms with Gasteiger partial charge in [0.1, 0.15) is 11.6 Å². The highest BCUT2D eigenvalue weighted by molar-refractivity contribution is 6.33. The SMILES string of the molecule is NCN/N=C/c1cc(F)cc(F)c1Cl. The van der Waals surface area contributed by atoms with Crippen LogP contribution in [0.15, 0.2) is 17.2 Å². The van der Waals surface area contributed by atoms with Crippen LogP contribution in [-0.4, -0.2) is 12.9 Å². The minimum atomic E-state index is -0.819. The van der Waals surface area contributed by atoms with Crippen LogP contribution in [0.25, 0.3) is 0 Å². The van der Waals surface area contributed by atoms with Crippen molar-refractivity contribution in [3.8, 4) is 0 Å². The van der Waals surface area contributed by atoms with Crippen LogP contribution in [0.4, 0.5) is 8.78 Å². The first-order valence-electron chi connectivity index (χ1n) is 3.75. The maximum absolute atomic E-state index is 12.9. The normalized spacial score (nSPS) is 10.9. The highest BCUT2D eigenvalue weighted by Gasteiger charge is 2.06. The number of hydrogen-bond acceptors (Lipinski definition) is 3. The average molecular weight is 220 g/mol. The number of benzene rings is 1. The van der Waals surface area contributed by atoms with Gasteiger partial charge >= 0.3 is 0 Å². The first kappa shape index (κ1) is 10.9. The number of hydrogen-bond donors (Lipinski definition) is 2. The quantitative estimate of drug-likeness (QED) is 0.350. The molecule has 0 spiro atoms. The van der Waals surface area contributed by atoms with E-state index in [0.29, 0.717) is 6.07 Å². The Morgan fingerprint density at radius 2 is 2.21 bits per heavy atom. The fraction of sp³-hybridized carbons (Fsp3) is 0.125. The van der Waals surface area contributed by atoms with Crippen LogP contribution in [0.3, 0.4) is 0 Å². The minimum Gasteiger partial charge on any atom is -0.313 e. The van der Waals surface area contributed by atoms with Crippen molar-refractivity contribution in [1.29, 1.82) is 0 Å². The molecular weight excluding hydrogens is 212 g/mol. The van der Waals surface area contributed by atoms with Gasteiger partial charge in [-0.3, -0.25) is 5.43 Å². The number of hydrazone groups is 1. The monoisotopic (exact) mass is 219 g/mol. The first-order valence-corrected chi connectivity index (χ1v) is 4.13. The molecule has 0 unspecified atom stereocenters. The zero-order valence-corrected chi connectivity index (χ0v) is 7.85. The van der Waals surface area contributed by atoms with Gasteiger partial charge in [-0.15, -0.1) is 0 Å². The Bertz CT molecular complexity index is 355. The number of rotatable bonds is 3. The van der Waals surface area contributed by atoms with E-state index >= 15 is 0 Å². The van der Waals surface area contributed by atoms with Crippen LogP contribution >= 0.6 is 11.6 Å². The van der Waals surface area contributed by atoms with Gasteiger partial charge in [0, 0.05) is 11.6 Å². The first-order chi connectivity index (χ1) is 6.65. The van der Waals surface area contributed by atoms with Gasteiger partial charge < -0.3 is 5.73 Å². The van der Waals surface area contributed by atoms with Crippen molar-refractivity contribution in [3.63, 3.8) is 0 Å². The Hall–Kier alpha value is -1.20. The molecule has 1 aromatic carbocycles. The molecule has 0 radical (unpaired) electrons. The Balaban J connectivity index is 2.96. The molecular formula is C8H8ClF2N3. The van der Waals surface area contributed by atoms with Crippen molar-refractivity contribution in [2.75, 3.05) is 6.67 Å². The molecule has 0 fully saturated rings. The molecule has 0 saturated carbocycles. The van der Waals surface area contributed by atoms with Gasteiger partial charge in [-0.05, 0) is 6.07 Å². The summed E-state index contributed by atoms with van der Waals surface area (Å²) in [6.07, 6.45) is 1.20. The van der Waals surface area contributed by atoms with E-state index in [1.807, 2.05) is 0 Å². The molecule has 0 aliphatic rings. The van der Waals surface area contributed by atoms with Gasteiger partial charge in [-0.2, -0.15) is 5.10 Å². The van der Waals surface area contributed by atoms with Crippen LogP contribution in [0, 0.1) is 11.6 Å². The smallest absolute Gasteiger partial charge is 0.145 e. The van der Waals surface area contributed by atoms with Gasteiger partial charge in [0.05, 0.1) is 17.9 Å². The fourth-order valence-electron chi connectivity index (χ4n) is 0.838. The lowest BCUT2D eigenvalue weighted by Crippen LogP contribution is -2.16.